The standard InChI is InChI=1S/C14H24N2OS/c1-3-17-14-7-5-4-6-11(14)8-13(18-2)9-12(16)10-15/h4-7,12-13H,3,8-10,15-16H2,1-2H3. The van der Waals surface area contributed by atoms with E-state index in [4.69, 9.17) is 16.2 Å². The highest BCUT2D eigenvalue weighted by Gasteiger charge is 2.14. The first-order chi connectivity index (χ1) is 8.71. The summed E-state index contributed by atoms with van der Waals surface area (Å²) in [6, 6.07) is 8.30. The van der Waals surface area contributed by atoms with Gasteiger partial charge in [-0.15, -0.1) is 0 Å². The molecule has 0 aliphatic heterocycles. The van der Waals surface area contributed by atoms with Gasteiger partial charge < -0.3 is 16.2 Å². The molecule has 1 aromatic carbocycles. The molecule has 0 amide bonds. The zero-order chi connectivity index (χ0) is 13.4. The number of benzene rings is 1. The molecule has 0 saturated heterocycles. The van der Waals surface area contributed by atoms with E-state index in [0.29, 0.717) is 18.4 Å². The Bertz CT molecular complexity index is 346. The van der Waals surface area contributed by atoms with Gasteiger partial charge in [0, 0.05) is 17.8 Å². The van der Waals surface area contributed by atoms with E-state index in [1.807, 2.05) is 30.8 Å². The molecule has 4 heteroatoms. The first-order valence-electron chi connectivity index (χ1n) is 6.40. The fraction of sp³-hybridized carbons (Fsp3) is 0.571. The van der Waals surface area contributed by atoms with Gasteiger partial charge in [-0.05, 0) is 37.7 Å². The third-order valence-corrected chi connectivity index (χ3v) is 3.95. The molecule has 0 bridgehead atoms. The van der Waals surface area contributed by atoms with Gasteiger partial charge in [0.1, 0.15) is 5.75 Å². The summed E-state index contributed by atoms with van der Waals surface area (Å²) in [5, 5.41) is 0.491. The van der Waals surface area contributed by atoms with Gasteiger partial charge in [-0.25, -0.2) is 0 Å². The molecular weight excluding hydrogens is 244 g/mol. The third kappa shape index (κ3) is 4.88. The highest BCUT2D eigenvalue weighted by molar-refractivity contribution is 7.99. The minimum atomic E-state index is 0.0849. The van der Waals surface area contributed by atoms with Gasteiger partial charge in [-0.2, -0.15) is 11.8 Å². The van der Waals surface area contributed by atoms with Crippen molar-refractivity contribution in [2.24, 2.45) is 11.5 Å². The molecule has 102 valence electrons. The molecule has 0 aromatic heterocycles. The summed E-state index contributed by atoms with van der Waals surface area (Å²) < 4.78 is 5.65. The van der Waals surface area contributed by atoms with Gasteiger partial charge in [-0.1, -0.05) is 18.2 Å². The van der Waals surface area contributed by atoms with Crippen LogP contribution in [0.5, 0.6) is 5.75 Å². The lowest BCUT2D eigenvalue weighted by atomic mass is 10.0. The maximum absolute atomic E-state index is 5.93. The molecule has 3 nitrogen and oxygen atoms in total. The summed E-state index contributed by atoms with van der Waals surface area (Å²) in [4.78, 5) is 0. The zero-order valence-electron chi connectivity index (χ0n) is 11.3. The van der Waals surface area contributed by atoms with E-state index < -0.39 is 0 Å². The molecule has 0 radical (unpaired) electrons. The van der Waals surface area contributed by atoms with Crippen molar-refractivity contribution < 1.29 is 4.74 Å². The molecule has 4 N–H and O–H groups in total. The molecule has 0 heterocycles. The number of thioether (sulfide) groups is 1. The van der Waals surface area contributed by atoms with Crippen LogP contribution in [0, 0.1) is 0 Å². The first kappa shape index (κ1) is 15.3. The van der Waals surface area contributed by atoms with Crippen LogP contribution >= 0.6 is 11.8 Å². The fourth-order valence-electron chi connectivity index (χ4n) is 1.91. The minimum absolute atomic E-state index is 0.0849. The predicted molar refractivity (Wildman–Crippen MR) is 80.3 cm³/mol. The van der Waals surface area contributed by atoms with Crippen molar-refractivity contribution in [2.75, 3.05) is 19.4 Å². The average molecular weight is 268 g/mol. The molecule has 18 heavy (non-hydrogen) atoms. The van der Waals surface area contributed by atoms with Crippen molar-refractivity contribution >= 4 is 11.8 Å². The van der Waals surface area contributed by atoms with E-state index in [1.165, 1.54) is 5.56 Å². The van der Waals surface area contributed by atoms with Gasteiger partial charge in [0.05, 0.1) is 6.61 Å². The van der Waals surface area contributed by atoms with Crippen molar-refractivity contribution in [2.45, 2.75) is 31.1 Å². The van der Waals surface area contributed by atoms with Crippen LogP contribution in [0.4, 0.5) is 0 Å². The second-order valence-electron chi connectivity index (χ2n) is 4.33. The van der Waals surface area contributed by atoms with Gasteiger partial charge in [0.2, 0.25) is 0 Å². The van der Waals surface area contributed by atoms with Crippen LogP contribution in [0.15, 0.2) is 24.3 Å². The summed E-state index contributed by atoms with van der Waals surface area (Å²) in [5.41, 5.74) is 12.8. The van der Waals surface area contributed by atoms with Crippen LogP contribution in [0.3, 0.4) is 0 Å². The summed E-state index contributed by atoms with van der Waals surface area (Å²) in [6.45, 7) is 3.25. The van der Waals surface area contributed by atoms with Gasteiger partial charge >= 0.3 is 0 Å². The van der Waals surface area contributed by atoms with Gasteiger partial charge in [0.25, 0.3) is 0 Å². The largest absolute Gasteiger partial charge is 0.494 e. The summed E-state index contributed by atoms with van der Waals surface area (Å²) >= 11 is 1.84. The molecule has 2 atom stereocenters. The van der Waals surface area contributed by atoms with Crippen molar-refractivity contribution in [3.05, 3.63) is 29.8 Å². The number of rotatable bonds is 8. The Kier molecular flexibility index (Phi) is 7.16. The normalized spacial score (nSPS) is 14.2. The Balaban J connectivity index is 2.68. The second-order valence-corrected chi connectivity index (χ2v) is 5.47. The van der Waals surface area contributed by atoms with E-state index in [0.717, 1.165) is 18.6 Å². The third-order valence-electron chi connectivity index (χ3n) is 2.92. The van der Waals surface area contributed by atoms with E-state index in [1.54, 1.807) is 0 Å². The highest BCUT2D eigenvalue weighted by Crippen LogP contribution is 2.25. The number of nitrogens with two attached hydrogens (primary N) is 2. The molecule has 2 unspecified atom stereocenters. The highest BCUT2D eigenvalue weighted by atomic mass is 32.2. The maximum atomic E-state index is 5.93. The maximum Gasteiger partial charge on any atom is 0.122 e. The minimum Gasteiger partial charge on any atom is -0.494 e. The first-order valence-corrected chi connectivity index (χ1v) is 7.69. The van der Waals surface area contributed by atoms with Crippen LogP contribution < -0.4 is 16.2 Å². The van der Waals surface area contributed by atoms with Crippen molar-refractivity contribution in [3.8, 4) is 5.75 Å². The van der Waals surface area contributed by atoms with Gasteiger partial charge in [0.15, 0.2) is 0 Å². The predicted octanol–water partition coefficient (Wildman–Crippen LogP) is 2.04. The topological polar surface area (TPSA) is 61.3 Å². The lowest BCUT2D eigenvalue weighted by Gasteiger charge is -2.19. The average Bonchev–Trinajstić information content (AvgIpc) is 2.40. The quantitative estimate of drug-likeness (QED) is 0.757. The van der Waals surface area contributed by atoms with Crippen LogP contribution in [0.25, 0.3) is 0 Å². The van der Waals surface area contributed by atoms with E-state index in [9.17, 15) is 0 Å². The van der Waals surface area contributed by atoms with E-state index in [-0.39, 0.29) is 6.04 Å². The number of para-hydroxylation sites is 1. The molecule has 1 rings (SSSR count). The lowest BCUT2D eigenvalue weighted by molar-refractivity contribution is 0.336. The Morgan fingerprint density at radius 3 is 2.67 bits per heavy atom. The van der Waals surface area contributed by atoms with Crippen molar-refractivity contribution in [1.82, 2.24) is 0 Å². The number of hydrogen-bond acceptors (Lipinski definition) is 4. The Morgan fingerprint density at radius 1 is 1.33 bits per heavy atom. The Morgan fingerprint density at radius 2 is 2.06 bits per heavy atom. The van der Waals surface area contributed by atoms with Crippen LogP contribution in [-0.2, 0) is 6.42 Å². The molecule has 0 aliphatic carbocycles. The number of ether oxygens (including phenoxy) is 1. The molecule has 0 fully saturated rings. The smallest absolute Gasteiger partial charge is 0.122 e. The van der Waals surface area contributed by atoms with Crippen molar-refractivity contribution in [3.63, 3.8) is 0 Å². The number of hydrogen-bond donors (Lipinski definition) is 2. The SMILES string of the molecule is CCOc1ccccc1CC(CC(N)CN)SC. The molecule has 0 spiro atoms. The van der Waals surface area contributed by atoms with Crippen molar-refractivity contribution in [1.29, 1.82) is 0 Å². The monoisotopic (exact) mass is 268 g/mol. The van der Waals surface area contributed by atoms with Crippen LogP contribution in [0.1, 0.15) is 18.9 Å². The van der Waals surface area contributed by atoms with E-state index in [2.05, 4.69) is 18.4 Å². The summed E-state index contributed by atoms with van der Waals surface area (Å²) in [7, 11) is 0. The molecule has 1 aromatic rings. The zero-order valence-corrected chi connectivity index (χ0v) is 12.1. The lowest BCUT2D eigenvalue weighted by Crippen LogP contribution is -2.33. The Hall–Kier alpha value is -0.710. The second kappa shape index (κ2) is 8.40. The molecular formula is C14H24N2OS. The Labute approximate surface area is 114 Å². The fourth-order valence-corrected chi connectivity index (χ4v) is 2.70. The van der Waals surface area contributed by atoms with Gasteiger partial charge in [-0.3, -0.25) is 0 Å². The summed E-state index contributed by atoms with van der Waals surface area (Å²) in [5.74, 6) is 0.986. The van der Waals surface area contributed by atoms with Crippen LogP contribution in [-0.4, -0.2) is 30.7 Å². The molecule has 0 saturated carbocycles. The van der Waals surface area contributed by atoms with E-state index >= 15 is 0 Å². The molecule has 0 aliphatic rings. The van der Waals surface area contributed by atoms with Crippen LogP contribution in [0.2, 0.25) is 0 Å². The summed E-state index contributed by atoms with van der Waals surface area (Å²) in [6.07, 6.45) is 4.04.